The van der Waals surface area contributed by atoms with Crippen molar-refractivity contribution in [2.24, 2.45) is 0 Å². The number of hydrogen-bond donors (Lipinski definition) is 1. The number of benzene rings is 1. The molecular weight excluding hydrogens is 258 g/mol. The summed E-state index contributed by atoms with van der Waals surface area (Å²) < 4.78 is 0. The minimum Gasteiger partial charge on any atom is -0.371 e. The molecule has 1 aliphatic rings. The van der Waals surface area contributed by atoms with E-state index >= 15 is 0 Å². The second-order valence-electron chi connectivity index (χ2n) is 5.97. The lowest BCUT2D eigenvalue weighted by atomic mass is 9.92. The van der Waals surface area contributed by atoms with Gasteiger partial charge in [-0.25, -0.2) is 0 Å². The molecule has 114 valence electrons. The number of hydrogen-bond acceptors (Lipinski definition) is 3. The zero-order chi connectivity index (χ0) is 15.1. The van der Waals surface area contributed by atoms with E-state index in [1.165, 1.54) is 30.5 Å². The molecule has 1 heterocycles. The molecule has 0 aromatic heterocycles. The summed E-state index contributed by atoms with van der Waals surface area (Å²) in [5, 5.41) is 12.6. The lowest BCUT2D eigenvalue weighted by molar-refractivity contribution is 0.392. The molecule has 1 aliphatic heterocycles. The van der Waals surface area contributed by atoms with Gasteiger partial charge in [0.25, 0.3) is 0 Å². The number of para-hydroxylation sites is 1. The van der Waals surface area contributed by atoms with Crippen molar-refractivity contribution >= 4 is 5.69 Å². The van der Waals surface area contributed by atoms with Crippen LogP contribution in [0, 0.1) is 11.3 Å². The molecule has 0 bridgehead atoms. The largest absolute Gasteiger partial charge is 0.371 e. The van der Waals surface area contributed by atoms with Crippen molar-refractivity contribution in [3.05, 3.63) is 29.8 Å². The van der Waals surface area contributed by atoms with Gasteiger partial charge in [0.15, 0.2) is 0 Å². The number of fused-ring (bicyclic) bond motifs is 1. The van der Waals surface area contributed by atoms with Gasteiger partial charge in [-0.15, -0.1) is 0 Å². The number of nitriles is 1. The van der Waals surface area contributed by atoms with E-state index < -0.39 is 0 Å². The van der Waals surface area contributed by atoms with Crippen molar-refractivity contribution in [3.63, 3.8) is 0 Å². The summed E-state index contributed by atoms with van der Waals surface area (Å²) in [6, 6.07) is 11.2. The molecule has 0 saturated heterocycles. The molecular formula is C18H27N3. The summed E-state index contributed by atoms with van der Waals surface area (Å²) in [7, 11) is 1.90. The summed E-state index contributed by atoms with van der Waals surface area (Å²) in [5.41, 5.74) is 2.52. The van der Waals surface area contributed by atoms with E-state index in [4.69, 9.17) is 0 Å². The van der Waals surface area contributed by atoms with Crippen LogP contribution in [-0.4, -0.2) is 25.7 Å². The zero-order valence-electron chi connectivity index (χ0n) is 13.4. The summed E-state index contributed by atoms with van der Waals surface area (Å²) in [5.74, 6) is 0. The Labute approximate surface area is 129 Å². The molecule has 0 spiro atoms. The first-order valence-electron chi connectivity index (χ1n) is 8.17. The molecule has 2 rings (SSSR count). The Balaban J connectivity index is 1.99. The Morgan fingerprint density at radius 3 is 2.86 bits per heavy atom. The standard InChI is InChI=1S/C18H27N3/c1-3-18(15-19,20-2)12-8-14-21-13-7-6-10-16-9-4-5-11-17(16)21/h4-5,9,11,20H,3,6-8,10,12-14H2,1-2H3. The fraction of sp³-hybridized carbons (Fsp3) is 0.611. The molecule has 0 amide bonds. The smallest absolute Gasteiger partial charge is 0.106 e. The van der Waals surface area contributed by atoms with Gasteiger partial charge in [-0.3, -0.25) is 0 Å². The van der Waals surface area contributed by atoms with Crippen LogP contribution in [0.5, 0.6) is 0 Å². The van der Waals surface area contributed by atoms with Gasteiger partial charge in [0.2, 0.25) is 0 Å². The maximum atomic E-state index is 9.39. The highest BCUT2D eigenvalue weighted by Gasteiger charge is 2.25. The van der Waals surface area contributed by atoms with E-state index in [1.54, 1.807) is 0 Å². The maximum absolute atomic E-state index is 9.39. The second kappa shape index (κ2) is 7.47. The molecule has 0 saturated carbocycles. The Kier molecular flexibility index (Phi) is 5.64. The fourth-order valence-electron chi connectivity index (χ4n) is 3.24. The lowest BCUT2D eigenvalue weighted by Gasteiger charge is -2.28. The van der Waals surface area contributed by atoms with Gasteiger partial charge in [0, 0.05) is 18.8 Å². The van der Waals surface area contributed by atoms with E-state index in [2.05, 4.69) is 47.5 Å². The van der Waals surface area contributed by atoms with E-state index in [-0.39, 0.29) is 5.54 Å². The minimum atomic E-state index is -0.356. The highest BCUT2D eigenvalue weighted by Crippen LogP contribution is 2.27. The molecule has 3 nitrogen and oxygen atoms in total. The third kappa shape index (κ3) is 3.77. The van der Waals surface area contributed by atoms with Crippen LogP contribution >= 0.6 is 0 Å². The molecule has 1 N–H and O–H groups in total. The van der Waals surface area contributed by atoms with E-state index in [0.29, 0.717) is 0 Å². The molecule has 0 fully saturated rings. The summed E-state index contributed by atoms with van der Waals surface area (Å²) in [6.45, 7) is 4.27. The zero-order valence-corrected chi connectivity index (χ0v) is 13.4. The van der Waals surface area contributed by atoms with Crippen molar-refractivity contribution in [1.82, 2.24) is 5.32 Å². The SMILES string of the molecule is CCC(C#N)(CCCN1CCCCc2ccccc21)NC. The van der Waals surface area contributed by atoms with Crippen LogP contribution in [0.2, 0.25) is 0 Å². The van der Waals surface area contributed by atoms with Crippen LogP contribution in [0.1, 0.15) is 44.6 Å². The first-order chi connectivity index (χ1) is 10.2. The summed E-state index contributed by atoms with van der Waals surface area (Å²) in [4.78, 5) is 2.51. The number of rotatable bonds is 6. The van der Waals surface area contributed by atoms with Crippen LogP contribution in [0.25, 0.3) is 0 Å². The molecule has 1 aromatic carbocycles. The van der Waals surface area contributed by atoms with Crippen molar-refractivity contribution in [2.75, 3.05) is 25.0 Å². The molecule has 0 aliphatic carbocycles. The van der Waals surface area contributed by atoms with Gasteiger partial charge < -0.3 is 10.2 Å². The van der Waals surface area contributed by atoms with Crippen LogP contribution in [0.3, 0.4) is 0 Å². The number of anilines is 1. The van der Waals surface area contributed by atoms with Gasteiger partial charge in [0.05, 0.1) is 6.07 Å². The Morgan fingerprint density at radius 2 is 2.14 bits per heavy atom. The number of aryl methyl sites for hydroxylation is 1. The first kappa shape index (κ1) is 15.9. The van der Waals surface area contributed by atoms with Crippen molar-refractivity contribution in [3.8, 4) is 6.07 Å². The third-order valence-corrected chi connectivity index (χ3v) is 4.78. The molecule has 1 aromatic rings. The highest BCUT2D eigenvalue weighted by atomic mass is 15.1. The molecule has 1 unspecified atom stereocenters. The molecule has 0 radical (unpaired) electrons. The van der Waals surface area contributed by atoms with Gasteiger partial charge in [-0.1, -0.05) is 25.1 Å². The van der Waals surface area contributed by atoms with Crippen molar-refractivity contribution in [1.29, 1.82) is 5.26 Å². The summed E-state index contributed by atoms with van der Waals surface area (Å²) in [6.07, 6.45) is 6.56. The second-order valence-corrected chi connectivity index (χ2v) is 5.97. The fourth-order valence-corrected chi connectivity index (χ4v) is 3.24. The van der Waals surface area contributed by atoms with Gasteiger partial charge in [0.1, 0.15) is 5.54 Å². The monoisotopic (exact) mass is 285 g/mol. The van der Waals surface area contributed by atoms with E-state index in [9.17, 15) is 5.26 Å². The van der Waals surface area contributed by atoms with Crippen molar-refractivity contribution in [2.45, 2.75) is 51.0 Å². The third-order valence-electron chi connectivity index (χ3n) is 4.78. The van der Waals surface area contributed by atoms with Gasteiger partial charge >= 0.3 is 0 Å². The minimum absolute atomic E-state index is 0.356. The predicted molar refractivity (Wildman–Crippen MR) is 88.5 cm³/mol. The van der Waals surface area contributed by atoms with Crippen LogP contribution in [-0.2, 0) is 6.42 Å². The van der Waals surface area contributed by atoms with Gasteiger partial charge in [-0.2, -0.15) is 5.26 Å². The lowest BCUT2D eigenvalue weighted by Crippen LogP contribution is -2.41. The van der Waals surface area contributed by atoms with Crippen LogP contribution in [0.15, 0.2) is 24.3 Å². The molecule has 21 heavy (non-hydrogen) atoms. The maximum Gasteiger partial charge on any atom is 0.106 e. The average molecular weight is 285 g/mol. The number of nitrogens with zero attached hydrogens (tertiary/aromatic N) is 2. The normalized spacial score (nSPS) is 17.5. The topological polar surface area (TPSA) is 39.1 Å². The Morgan fingerprint density at radius 1 is 1.33 bits per heavy atom. The molecule has 1 atom stereocenters. The van der Waals surface area contributed by atoms with Crippen molar-refractivity contribution < 1.29 is 0 Å². The molecule has 3 heteroatoms. The summed E-state index contributed by atoms with van der Waals surface area (Å²) >= 11 is 0. The predicted octanol–water partition coefficient (Wildman–Crippen LogP) is 3.50. The van der Waals surface area contributed by atoms with Crippen LogP contribution < -0.4 is 10.2 Å². The van der Waals surface area contributed by atoms with Crippen LogP contribution in [0.4, 0.5) is 5.69 Å². The van der Waals surface area contributed by atoms with E-state index in [1.807, 2.05) is 7.05 Å². The van der Waals surface area contributed by atoms with Gasteiger partial charge in [-0.05, 0) is 57.2 Å². The Bertz CT molecular complexity index is 485. The van der Waals surface area contributed by atoms with E-state index in [0.717, 1.165) is 32.4 Å². The number of nitrogens with one attached hydrogen (secondary N) is 1. The highest BCUT2D eigenvalue weighted by molar-refractivity contribution is 5.54. The quantitative estimate of drug-likeness (QED) is 0.869. The average Bonchev–Trinajstić information content (AvgIpc) is 2.75. The first-order valence-corrected chi connectivity index (χ1v) is 8.17. The Hall–Kier alpha value is -1.53.